The zero-order valence-corrected chi connectivity index (χ0v) is 20.5. The summed E-state index contributed by atoms with van der Waals surface area (Å²) in [6.45, 7) is 25.4. The highest BCUT2D eigenvalue weighted by Gasteiger charge is 2.58. The second-order valence-corrected chi connectivity index (χ2v) is 16.7. The summed E-state index contributed by atoms with van der Waals surface area (Å²) in [6, 6.07) is 0. The van der Waals surface area contributed by atoms with Crippen LogP contribution in [0.4, 0.5) is 0 Å². The van der Waals surface area contributed by atoms with Crippen molar-refractivity contribution in [3.63, 3.8) is 0 Å². The van der Waals surface area contributed by atoms with Crippen LogP contribution in [0.5, 0.6) is 0 Å². The molecule has 0 N–H and O–H groups in total. The van der Waals surface area contributed by atoms with Gasteiger partial charge in [-0.25, -0.2) is 0 Å². The Labute approximate surface area is 169 Å². The Hall–Kier alpha value is -0.413. The Balaban J connectivity index is 2.41. The summed E-state index contributed by atoms with van der Waals surface area (Å²) in [6.07, 6.45) is 6.67. The summed E-state index contributed by atoms with van der Waals surface area (Å²) in [5.41, 5.74) is 1.80. The van der Waals surface area contributed by atoms with E-state index < -0.39 is 8.32 Å². The fourth-order valence-electron chi connectivity index (χ4n) is 5.98. The van der Waals surface area contributed by atoms with Crippen LogP contribution in [0.3, 0.4) is 0 Å². The quantitative estimate of drug-likeness (QED) is 0.366. The van der Waals surface area contributed by atoms with Gasteiger partial charge < -0.3 is 9.22 Å². The van der Waals surface area contributed by atoms with Crippen LogP contribution >= 0.6 is 0 Å². The molecule has 27 heavy (non-hydrogen) atoms. The van der Waals surface area contributed by atoms with Crippen LogP contribution in [0, 0.1) is 22.7 Å². The van der Waals surface area contributed by atoms with Crippen LogP contribution in [0.25, 0.3) is 0 Å². The molecule has 4 atom stereocenters. The molecule has 0 saturated heterocycles. The summed E-state index contributed by atoms with van der Waals surface area (Å²) in [4.78, 5) is 11.7. The summed E-state index contributed by atoms with van der Waals surface area (Å²) in [7, 11) is -1.85. The maximum absolute atomic E-state index is 11.7. The number of fused-ring (bicyclic) bond motifs is 1. The van der Waals surface area contributed by atoms with E-state index in [0.29, 0.717) is 24.0 Å². The van der Waals surface area contributed by atoms with Gasteiger partial charge in [-0.3, -0.25) is 0 Å². The predicted octanol–water partition coefficient (Wildman–Crippen LogP) is 7.15. The van der Waals surface area contributed by atoms with Gasteiger partial charge in [-0.05, 0) is 73.4 Å². The van der Waals surface area contributed by atoms with Gasteiger partial charge in [0.05, 0.1) is 6.10 Å². The topological polar surface area (TPSA) is 26.3 Å². The van der Waals surface area contributed by atoms with E-state index >= 15 is 0 Å². The smallest absolute Gasteiger partial charge is 0.192 e. The van der Waals surface area contributed by atoms with E-state index in [1.54, 1.807) is 6.92 Å². The first-order valence-corrected chi connectivity index (χ1v) is 13.9. The highest BCUT2D eigenvalue weighted by Crippen LogP contribution is 2.63. The first-order valence-electron chi connectivity index (χ1n) is 11.0. The molecule has 0 radical (unpaired) electrons. The third-order valence-corrected chi connectivity index (χ3v) is 12.8. The number of Topliss-reactive ketones (excluding diaryl/α,β-unsaturated/α-hetero) is 1. The van der Waals surface area contributed by atoms with Crippen molar-refractivity contribution in [1.29, 1.82) is 0 Å². The molecule has 2 nitrogen and oxygen atoms in total. The Kier molecular flexibility index (Phi) is 6.30. The van der Waals surface area contributed by atoms with Crippen LogP contribution in [-0.2, 0) is 9.22 Å². The minimum atomic E-state index is -1.85. The summed E-state index contributed by atoms with van der Waals surface area (Å²) in [5.74, 6) is 1.29. The van der Waals surface area contributed by atoms with Crippen molar-refractivity contribution in [1.82, 2.24) is 0 Å². The van der Waals surface area contributed by atoms with Gasteiger partial charge in [-0.1, -0.05) is 60.1 Å². The molecule has 2 aliphatic carbocycles. The average molecular weight is 393 g/mol. The van der Waals surface area contributed by atoms with Gasteiger partial charge in [-0.2, -0.15) is 0 Å². The second-order valence-electron chi connectivity index (χ2n) is 11.9. The normalized spacial score (nSPS) is 34.3. The molecular formula is C24H44O2Si. The number of ketones is 1. The van der Waals surface area contributed by atoms with E-state index in [9.17, 15) is 4.79 Å². The average Bonchev–Trinajstić information content (AvgIpc) is 2.42. The van der Waals surface area contributed by atoms with Crippen molar-refractivity contribution in [3.05, 3.63) is 12.2 Å². The molecule has 0 heterocycles. The van der Waals surface area contributed by atoms with Crippen molar-refractivity contribution in [3.8, 4) is 0 Å². The van der Waals surface area contributed by atoms with Gasteiger partial charge in [0.2, 0.25) is 0 Å². The molecule has 2 rings (SSSR count). The van der Waals surface area contributed by atoms with E-state index in [1.165, 1.54) is 24.8 Å². The SMILES string of the molecule is C=C1C[C@H](O[Si](C)(C)C(C)(C)C)[C@H]2C(C)(C)CCC[C@]2(C)[C@H]1CCC(C)=O. The molecule has 2 aliphatic rings. The highest BCUT2D eigenvalue weighted by molar-refractivity contribution is 6.74. The Morgan fingerprint density at radius 1 is 1.22 bits per heavy atom. The number of hydrogen-bond donors (Lipinski definition) is 0. The van der Waals surface area contributed by atoms with Crippen molar-refractivity contribution in [2.45, 2.75) is 111 Å². The van der Waals surface area contributed by atoms with Crippen molar-refractivity contribution in [2.24, 2.45) is 22.7 Å². The van der Waals surface area contributed by atoms with Gasteiger partial charge in [0.1, 0.15) is 5.78 Å². The molecular weight excluding hydrogens is 348 g/mol. The van der Waals surface area contributed by atoms with Crippen molar-refractivity contribution < 1.29 is 9.22 Å². The molecule has 0 aromatic heterocycles. The standard InChI is InChI=1S/C24H44O2Si/c1-17-16-20(26-27(9,10)22(3,4)5)21-23(6,7)14-11-15-24(21,8)19(17)13-12-18(2)25/h19-21H,1,11-16H2,2-10H3/t19-,20-,21-,24+/m0/s1. The van der Waals surface area contributed by atoms with E-state index in [2.05, 4.69) is 61.2 Å². The van der Waals surface area contributed by atoms with Gasteiger partial charge in [0.15, 0.2) is 8.32 Å². The number of carbonyl (C=O) groups excluding carboxylic acids is 1. The van der Waals surface area contributed by atoms with Crippen LogP contribution in [0.15, 0.2) is 12.2 Å². The molecule has 2 saturated carbocycles. The lowest BCUT2D eigenvalue weighted by atomic mass is 9.46. The van der Waals surface area contributed by atoms with E-state index in [0.717, 1.165) is 12.8 Å². The Morgan fingerprint density at radius 2 is 1.81 bits per heavy atom. The van der Waals surface area contributed by atoms with Gasteiger partial charge in [0, 0.05) is 6.42 Å². The molecule has 0 amide bonds. The fraction of sp³-hybridized carbons (Fsp3) is 0.875. The van der Waals surface area contributed by atoms with E-state index in [-0.39, 0.29) is 22.0 Å². The Bertz CT molecular complexity index is 584. The number of rotatable bonds is 5. The maximum Gasteiger partial charge on any atom is 0.192 e. The molecule has 0 aromatic carbocycles. The molecule has 0 unspecified atom stereocenters. The summed E-state index contributed by atoms with van der Waals surface area (Å²) < 4.78 is 7.07. The predicted molar refractivity (Wildman–Crippen MR) is 118 cm³/mol. The Morgan fingerprint density at radius 3 is 2.33 bits per heavy atom. The third kappa shape index (κ3) is 4.45. The van der Waals surface area contributed by atoms with Gasteiger partial charge in [-0.15, -0.1) is 0 Å². The third-order valence-electron chi connectivity index (χ3n) is 8.25. The summed E-state index contributed by atoms with van der Waals surface area (Å²) in [5, 5.41) is 0.217. The van der Waals surface area contributed by atoms with E-state index in [4.69, 9.17) is 4.43 Å². The van der Waals surface area contributed by atoms with Crippen LogP contribution in [0.2, 0.25) is 18.1 Å². The lowest BCUT2D eigenvalue weighted by Crippen LogP contribution is -2.59. The van der Waals surface area contributed by atoms with E-state index in [1.807, 2.05) is 0 Å². The first kappa shape index (κ1) is 22.9. The summed E-state index contributed by atoms with van der Waals surface area (Å²) >= 11 is 0. The van der Waals surface area contributed by atoms with Crippen LogP contribution in [-0.4, -0.2) is 20.2 Å². The molecule has 0 aromatic rings. The van der Waals surface area contributed by atoms with Crippen molar-refractivity contribution in [2.75, 3.05) is 0 Å². The zero-order chi connectivity index (χ0) is 20.8. The van der Waals surface area contributed by atoms with Gasteiger partial charge >= 0.3 is 0 Å². The first-order chi connectivity index (χ1) is 12.1. The molecule has 156 valence electrons. The minimum Gasteiger partial charge on any atom is -0.413 e. The largest absolute Gasteiger partial charge is 0.413 e. The molecule has 0 bridgehead atoms. The lowest BCUT2D eigenvalue weighted by Gasteiger charge is -2.61. The lowest BCUT2D eigenvalue weighted by molar-refractivity contribution is -0.123. The number of carbonyl (C=O) groups is 1. The minimum absolute atomic E-state index is 0.194. The molecule has 0 aliphatic heterocycles. The zero-order valence-electron chi connectivity index (χ0n) is 19.5. The maximum atomic E-state index is 11.7. The highest BCUT2D eigenvalue weighted by atomic mass is 28.4. The second kappa shape index (κ2) is 7.44. The van der Waals surface area contributed by atoms with Gasteiger partial charge in [0.25, 0.3) is 0 Å². The molecule has 0 spiro atoms. The van der Waals surface area contributed by atoms with Crippen molar-refractivity contribution >= 4 is 14.1 Å². The molecule has 3 heteroatoms. The van der Waals surface area contributed by atoms with Crippen LogP contribution in [0.1, 0.15) is 87.0 Å². The number of hydrogen-bond acceptors (Lipinski definition) is 2. The monoisotopic (exact) mass is 392 g/mol. The fourth-order valence-corrected chi connectivity index (χ4v) is 7.31. The molecule has 2 fully saturated rings. The van der Waals surface area contributed by atoms with Crippen LogP contribution < -0.4 is 0 Å².